The van der Waals surface area contributed by atoms with E-state index in [2.05, 4.69) is 25.7 Å². The van der Waals surface area contributed by atoms with Gasteiger partial charge in [0.05, 0.1) is 0 Å². The largest absolute Gasteiger partial charge is 0.334 e. The molecule has 25 heavy (non-hydrogen) atoms. The maximum atomic E-state index is 11.7. The quantitative estimate of drug-likeness (QED) is 0.459. The van der Waals surface area contributed by atoms with Crippen LogP contribution in [0.15, 0.2) is 43.0 Å². The molecule has 0 bridgehead atoms. The van der Waals surface area contributed by atoms with Crippen molar-refractivity contribution >= 4 is 16.0 Å². The molecule has 1 aromatic carbocycles. The van der Waals surface area contributed by atoms with Crippen LogP contribution in [0, 0.1) is 5.92 Å². The molecule has 1 aromatic rings. The standard InChI is InChI=1S/C19H29NO4S/c1-4-10-15(5-2)13-17(16-11-8-7-9-12-16)14-19(25(22,23)24)20-18(21)6-3/h6-9,11-12,15,17,19H,3-5,10,13-14H2,1-2H3,(H,20,21)(H,22,23,24). The first-order valence-corrected chi connectivity index (χ1v) is 10.3. The van der Waals surface area contributed by atoms with Gasteiger partial charge in [-0.3, -0.25) is 9.35 Å². The minimum atomic E-state index is -4.41. The Morgan fingerprint density at radius 1 is 1.24 bits per heavy atom. The second-order valence-electron chi connectivity index (χ2n) is 6.36. The van der Waals surface area contributed by atoms with E-state index in [9.17, 15) is 17.8 Å². The minimum Gasteiger partial charge on any atom is -0.334 e. The topological polar surface area (TPSA) is 83.5 Å². The average Bonchev–Trinajstić information content (AvgIpc) is 2.59. The molecule has 0 aliphatic carbocycles. The van der Waals surface area contributed by atoms with Crippen LogP contribution in [0.3, 0.4) is 0 Å². The molecule has 3 unspecified atom stereocenters. The maximum absolute atomic E-state index is 11.7. The van der Waals surface area contributed by atoms with E-state index in [-0.39, 0.29) is 12.3 Å². The summed E-state index contributed by atoms with van der Waals surface area (Å²) in [6, 6.07) is 9.64. The van der Waals surface area contributed by atoms with Crippen molar-refractivity contribution in [3.8, 4) is 0 Å². The third-order valence-electron chi connectivity index (χ3n) is 4.51. The molecule has 1 rings (SSSR count). The van der Waals surface area contributed by atoms with Crippen molar-refractivity contribution < 1.29 is 17.8 Å². The van der Waals surface area contributed by atoms with Crippen LogP contribution in [0.2, 0.25) is 0 Å². The van der Waals surface area contributed by atoms with Crippen molar-refractivity contribution in [3.05, 3.63) is 48.6 Å². The van der Waals surface area contributed by atoms with E-state index in [1.807, 2.05) is 30.3 Å². The van der Waals surface area contributed by atoms with Crippen molar-refractivity contribution in [2.75, 3.05) is 0 Å². The van der Waals surface area contributed by atoms with E-state index in [0.717, 1.165) is 37.3 Å². The zero-order chi connectivity index (χ0) is 18.9. The Morgan fingerprint density at radius 2 is 1.88 bits per heavy atom. The van der Waals surface area contributed by atoms with Gasteiger partial charge in [-0.25, -0.2) is 0 Å². The number of benzene rings is 1. The molecule has 0 saturated carbocycles. The molecule has 3 atom stereocenters. The first-order valence-electron chi connectivity index (χ1n) is 8.75. The average molecular weight is 368 g/mol. The van der Waals surface area contributed by atoms with Crippen LogP contribution in [-0.2, 0) is 14.9 Å². The number of hydrogen-bond donors (Lipinski definition) is 2. The van der Waals surface area contributed by atoms with Gasteiger partial charge in [0.2, 0.25) is 5.91 Å². The van der Waals surface area contributed by atoms with Crippen LogP contribution in [0.25, 0.3) is 0 Å². The van der Waals surface area contributed by atoms with Crippen molar-refractivity contribution in [3.63, 3.8) is 0 Å². The van der Waals surface area contributed by atoms with Crippen molar-refractivity contribution in [1.29, 1.82) is 0 Å². The van der Waals surface area contributed by atoms with Crippen molar-refractivity contribution in [2.24, 2.45) is 5.92 Å². The van der Waals surface area contributed by atoms with Crippen molar-refractivity contribution in [2.45, 2.75) is 57.2 Å². The van der Waals surface area contributed by atoms with Crippen LogP contribution < -0.4 is 5.32 Å². The van der Waals surface area contributed by atoms with Gasteiger partial charge in [0.15, 0.2) is 5.37 Å². The van der Waals surface area contributed by atoms with Gasteiger partial charge >= 0.3 is 0 Å². The van der Waals surface area contributed by atoms with Crippen LogP contribution in [0.1, 0.15) is 57.4 Å². The number of carbonyl (C=O) groups is 1. The van der Waals surface area contributed by atoms with E-state index in [4.69, 9.17) is 0 Å². The summed E-state index contributed by atoms with van der Waals surface area (Å²) in [6.45, 7) is 7.59. The third kappa shape index (κ3) is 7.40. The smallest absolute Gasteiger partial charge is 0.286 e. The Labute approximate surface area is 151 Å². The molecule has 0 saturated heterocycles. The highest BCUT2D eigenvalue weighted by Gasteiger charge is 2.29. The van der Waals surface area contributed by atoms with Crippen LogP contribution in [0.4, 0.5) is 0 Å². The summed E-state index contributed by atoms with van der Waals surface area (Å²) in [5, 5.41) is 0.990. The number of amides is 1. The highest BCUT2D eigenvalue weighted by Crippen LogP contribution is 2.32. The Morgan fingerprint density at radius 3 is 2.36 bits per heavy atom. The number of carbonyl (C=O) groups excluding carboxylic acids is 1. The van der Waals surface area contributed by atoms with Gasteiger partial charge < -0.3 is 5.32 Å². The zero-order valence-corrected chi connectivity index (χ0v) is 15.8. The van der Waals surface area contributed by atoms with Gasteiger partial charge in [0, 0.05) is 0 Å². The fourth-order valence-electron chi connectivity index (χ4n) is 3.12. The SMILES string of the molecule is C=CC(=O)NC(CC(CC(CC)CCC)c1ccccc1)S(=O)(=O)O. The number of nitrogens with one attached hydrogen (secondary N) is 1. The summed E-state index contributed by atoms with van der Waals surface area (Å²) >= 11 is 0. The van der Waals surface area contributed by atoms with E-state index >= 15 is 0 Å². The lowest BCUT2D eigenvalue weighted by atomic mass is 9.83. The monoisotopic (exact) mass is 367 g/mol. The van der Waals surface area contributed by atoms with Gasteiger partial charge in [-0.2, -0.15) is 8.42 Å². The van der Waals surface area contributed by atoms with Gasteiger partial charge in [-0.15, -0.1) is 0 Å². The molecule has 5 nitrogen and oxygen atoms in total. The molecule has 0 aliphatic heterocycles. The molecule has 2 N–H and O–H groups in total. The normalized spacial score (nSPS) is 15.2. The van der Waals surface area contributed by atoms with E-state index in [0.29, 0.717) is 5.92 Å². The molecule has 1 amide bonds. The molecular weight excluding hydrogens is 338 g/mol. The van der Waals surface area contributed by atoms with Crippen LogP contribution in [-0.4, -0.2) is 24.3 Å². The van der Waals surface area contributed by atoms with Crippen LogP contribution in [0.5, 0.6) is 0 Å². The fraction of sp³-hybridized carbons (Fsp3) is 0.526. The van der Waals surface area contributed by atoms with Gasteiger partial charge in [0.25, 0.3) is 10.1 Å². The Hall–Kier alpha value is -1.66. The number of rotatable bonds is 11. The minimum absolute atomic E-state index is 0.0743. The lowest BCUT2D eigenvalue weighted by Gasteiger charge is -2.26. The highest BCUT2D eigenvalue weighted by molar-refractivity contribution is 7.86. The Balaban J connectivity index is 3.08. The predicted molar refractivity (Wildman–Crippen MR) is 101 cm³/mol. The van der Waals surface area contributed by atoms with E-state index in [1.54, 1.807) is 0 Å². The van der Waals surface area contributed by atoms with Gasteiger partial charge in [-0.05, 0) is 36.3 Å². The van der Waals surface area contributed by atoms with E-state index in [1.165, 1.54) is 0 Å². The zero-order valence-electron chi connectivity index (χ0n) is 15.0. The molecule has 0 aliphatic rings. The maximum Gasteiger partial charge on any atom is 0.286 e. The summed E-state index contributed by atoms with van der Waals surface area (Å²) in [7, 11) is -4.41. The Kier molecular flexibility index (Phi) is 8.86. The van der Waals surface area contributed by atoms with Gasteiger partial charge in [-0.1, -0.05) is 70.0 Å². The molecule has 0 heterocycles. The predicted octanol–water partition coefficient (Wildman–Crippen LogP) is 3.89. The first kappa shape index (κ1) is 21.4. The lowest BCUT2D eigenvalue weighted by Crippen LogP contribution is -2.41. The summed E-state index contributed by atoms with van der Waals surface area (Å²) < 4.78 is 33.0. The first-order chi connectivity index (χ1) is 11.8. The molecule has 0 fully saturated rings. The summed E-state index contributed by atoms with van der Waals surface area (Å²) in [6.07, 6.45) is 5.08. The molecule has 0 spiro atoms. The molecule has 6 heteroatoms. The summed E-state index contributed by atoms with van der Waals surface area (Å²) in [5.41, 5.74) is 1.01. The molecule has 140 valence electrons. The summed E-state index contributed by atoms with van der Waals surface area (Å²) in [5.74, 6) is -0.225. The van der Waals surface area contributed by atoms with Gasteiger partial charge in [0.1, 0.15) is 0 Å². The second kappa shape index (κ2) is 10.4. The van der Waals surface area contributed by atoms with E-state index < -0.39 is 21.4 Å². The van der Waals surface area contributed by atoms with Crippen LogP contribution >= 0.6 is 0 Å². The van der Waals surface area contributed by atoms with Crippen molar-refractivity contribution in [1.82, 2.24) is 5.32 Å². The number of hydrogen-bond acceptors (Lipinski definition) is 3. The molecule has 0 aromatic heterocycles. The second-order valence-corrected chi connectivity index (χ2v) is 7.96. The lowest BCUT2D eigenvalue weighted by molar-refractivity contribution is -0.116. The highest BCUT2D eigenvalue weighted by atomic mass is 32.2. The summed E-state index contributed by atoms with van der Waals surface area (Å²) in [4.78, 5) is 11.6. The third-order valence-corrected chi connectivity index (χ3v) is 5.54. The molecule has 0 radical (unpaired) electrons. The fourth-order valence-corrected chi connectivity index (χ4v) is 3.86. The molecular formula is C19H29NO4S. The Bertz CT molecular complexity index is 643.